The van der Waals surface area contributed by atoms with Crippen LogP contribution in [0.1, 0.15) is 10.5 Å². The number of amides is 1. The first kappa shape index (κ1) is 16.6. The number of rotatable bonds is 4. The third kappa shape index (κ3) is 3.30. The van der Waals surface area contributed by atoms with Gasteiger partial charge in [0.25, 0.3) is 11.5 Å². The summed E-state index contributed by atoms with van der Waals surface area (Å²) < 4.78 is 15.4. The number of carbonyl (C=O) groups excluding carboxylic acids is 2. The van der Waals surface area contributed by atoms with Gasteiger partial charge >= 0.3 is 5.97 Å². The molecule has 4 rings (SSSR count). The Bertz CT molecular complexity index is 1110. The summed E-state index contributed by atoms with van der Waals surface area (Å²) in [5.74, 6) is -0.233. The van der Waals surface area contributed by atoms with Gasteiger partial charge in [-0.05, 0) is 18.2 Å². The van der Waals surface area contributed by atoms with Gasteiger partial charge in [0.2, 0.25) is 6.79 Å². The summed E-state index contributed by atoms with van der Waals surface area (Å²) >= 11 is 0. The number of H-pyrrole nitrogens is 1. The molecular weight excluding hydrogens is 354 g/mol. The van der Waals surface area contributed by atoms with E-state index in [1.165, 1.54) is 0 Å². The first-order valence-corrected chi connectivity index (χ1v) is 7.96. The quantitative estimate of drug-likeness (QED) is 0.670. The number of hydrogen-bond donors (Lipinski definition) is 2. The number of nitrogens with zero attached hydrogens (tertiary/aromatic N) is 1. The van der Waals surface area contributed by atoms with E-state index in [-0.39, 0.29) is 12.5 Å². The third-order valence-corrected chi connectivity index (χ3v) is 3.88. The molecule has 0 atom stereocenters. The fourth-order valence-corrected chi connectivity index (χ4v) is 2.64. The molecule has 9 heteroatoms. The molecule has 136 valence electrons. The van der Waals surface area contributed by atoms with Crippen LogP contribution in [0, 0.1) is 0 Å². The Hall–Kier alpha value is -3.88. The highest BCUT2D eigenvalue weighted by Crippen LogP contribution is 2.34. The molecule has 2 aromatic carbocycles. The summed E-state index contributed by atoms with van der Waals surface area (Å²) in [5.41, 5.74) is -0.00306. The van der Waals surface area contributed by atoms with E-state index in [0.29, 0.717) is 28.0 Å². The minimum Gasteiger partial charge on any atom is -0.454 e. The molecule has 2 heterocycles. The van der Waals surface area contributed by atoms with Gasteiger partial charge in [-0.3, -0.25) is 9.59 Å². The van der Waals surface area contributed by atoms with Crippen LogP contribution in [0.2, 0.25) is 0 Å². The number of ether oxygens (including phenoxy) is 3. The van der Waals surface area contributed by atoms with Crippen molar-refractivity contribution in [3.8, 4) is 11.5 Å². The zero-order chi connectivity index (χ0) is 18.8. The zero-order valence-electron chi connectivity index (χ0n) is 13.9. The van der Waals surface area contributed by atoms with Gasteiger partial charge in [0, 0.05) is 17.1 Å². The number of nitrogens with one attached hydrogen (secondary N) is 2. The Kier molecular flexibility index (Phi) is 4.17. The average molecular weight is 367 g/mol. The van der Waals surface area contributed by atoms with Crippen LogP contribution in [0.5, 0.6) is 11.5 Å². The van der Waals surface area contributed by atoms with Crippen LogP contribution >= 0.6 is 0 Å². The number of aromatic nitrogens is 2. The van der Waals surface area contributed by atoms with Crippen molar-refractivity contribution < 1.29 is 23.8 Å². The predicted molar refractivity (Wildman–Crippen MR) is 93.8 cm³/mol. The molecule has 0 fully saturated rings. The van der Waals surface area contributed by atoms with Gasteiger partial charge in [-0.2, -0.15) is 5.10 Å². The largest absolute Gasteiger partial charge is 0.454 e. The van der Waals surface area contributed by atoms with E-state index in [1.807, 2.05) is 0 Å². The van der Waals surface area contributed by atoms with Crippen molar-refractivity contribution in [3.05, 3.63) is 58.5 Å². The molecule has 0 bridgehead atoms. The lowest BCUT2D eigenvalue weighted by Crippen LogP contribution is -2.22. The Morgan fingerprint density at radius 1 is 1.11 bits per heavy atom. The van der Waals surface area contributed by atoms with Gasteiger partial charge in [0.05, 0.1) is 5.39 Å². The first-order valence-electron chi connectivity index (χ1n) is 7.96. The second kappa shape index (κ2) is 6.79. The van der Waals surface area contributed by atoms with Gasteiger partial charge in [-0.1, -0.05) is 18.2 Å². The SMILES string of the molecule is O=C(COC(=O)c1n[nH]c(=O)c2ccccc12)Nc1ccc2c(c1)OCO2. The first-order chi connectivity index (χ1) is 13.1. The Morgan fingerprint density at radius 3 is 2.74 bits per heavy atom. The van der Waals surface area contributed by atoms with E-state index in [2.05, 4.69) is 15.5 Å². The van der Waals surface area contributed by atoms with Crippen molar-refractivity contribution in [2.45, 2.75) is 0 Å². The number of anilines is 1. The molecule has 2 N–H and O–H groups in total. The van der Waals surface area contributed by atoms with Crippen molar-refractivity contribution in [2.75, 3.05) is 18.7 Å². The smallest absolute Gasteiger partial charge is 0.359 e. The van der Waals surface area contributed by atoms with Crippen LogP contribution in [-0.2, 0) is 9.53 Å². The van der Waals surface area contributed by atoms with Gasteiger partial charge in [-0.25, -0.2) is 9.89 Å². The van der Waals surface area contributed by atoms with Gasteiger partial charge in [0.15, 0.2) is 23.8 Å². The van der Waals surface area contributed by atoms with E-state index in [1.54, 1.807) is 42.5 Å². The van der Waals surface area contributed by atoms with Crippen molar-refractivity contribution >= 4 is 28.3 Å². The second-order valence-electron chi connectivity index (χ2n) is 5.64. The van der Waals surface area contributed by atoms with Crippen LogP contribution in [0.15, 0.2) is 47.3 Å². The fourth-order valence-electron chi connectivity index (χ4n) is 2.64. The molecule has 0 radical (unpaired) electrons. The van der Waals surface area contributed by atoms with Crippen LogP contribution in [0.3, 0.4) is 0 Å². The van der Waals surface area contributed by atoms with Crippen molar-refractivity contribution in [2.24, 2.45) is 0 Å². The number of fused-ring (bicyclic) bond motifs is 2. The van der Waals surface area contributed by atoms with E-state index >= 15 is 0 Å². The lowest BCUT2D eigenvalue weighted by molar-refractivity contribution is -0.119. The summed E-state index contributed by atoms with van der Waals surface area (Å²) in [6.07, 6.45) is 0. The molecule has 1 aromatic heterocycles. The zero-order valence-corrected chi connectivity index (χ0v) is 13.9. The number of carbonyl (C=O) groups is 2. The number of esters is 1. The minimum atomic E-state index is -0.816. The van der Waals surface area contributed by atoms with Crippen LogP contribution in [-0.4, -0.2) is 35.5 Å². The second-order valence-corrected chi connectivity index (χ2v) is 5.64. The van der Waals surface area contributed by atoms with Crippen molar-refractivity contribution in [3.63, 3.8) is 0 Å². The van der Waals surface area contributed by atoms with Crippen molar-refractivity contribution in [1.29, 1.82) is 0 Å². The molecular formula is C18H13N3O6. The average Bonchev–Trinajstić information content (AvgIpc) is 3.14. The van der Waals surface area contributed by atoms with Crippen LogP contribution in [0.25, 0.3) is 10.8 Å². The molecule has 1 aliphatic rings. The standard InChI is InChI=1S/C18H13N3O6/c22-15(19-10-5-6-13-14(7-10)27-9-26-13)8-25-18(24)16-11-3-1-2-4-12(11)17(23)21-20-16/h1-7H,8-9H2,(H,19,22)(H,21,23). The molecule has 1 amide bonds. The highest BCUT2D eigenvalue weighted by Gasteiger charge is 2.18. The molecule has 3 aromatic rings. The molecule has 27 heavy (non-hydrogen) atoms. The maximum Gasteiger partial charge on any atom is 0.359 e. The van der Waals surface area contributed by atoms with Gasteiger partial charge in [-0.15, -0.1) is 0 Å². The Morgan fingerprint density at radius 2 is 1.89 bits per heavy atom. The molecule has 0 saturated carbocycles. The maximum atomic E-state index is 12.3. The molecule has 0 saturated heterocycles. The van der Waals surface area contributed by atoms with E-state index in [0.717, 1.165) is 0 Å². The maximum absolute atomic E-state index is 12.3. The van der Waals surface area contributed by atoms with Crippen LogP contribution in [0.4, 0.5) is 5.69 Å². The highest BCUT2D eigenvalue weighted by atomic mass is 16.7. The number of benzene rings is 2. The number of aromatic amines is 1. The highest BCUT2D eigenvalue weighted by molar-refractivity contribution is 6.03. The topological polar surface area (TPSA) is 120 Å². The fraction of sp³-hybridized carbons (Fsp3) is 0.111. The van der Waals surface area contributed by atoms with E-state index in [4.69, 9.17) is 14.2 Å². The minimum absolute atomic E-state index is 0.0684. The normalized spacial score (nSPS) is 12.0. The predicted octanol–water partition coefficient (Wildman–Crippen LogP) is 1.45. The molecule has 0 aliphatic carbocycles. The Labute approximate surface area is 151 Å². The lowest BCUT2D eigenvalue weighted by Gasteiger charge is -2.08. The molecule has 0 spiro atoms. The summed E-state index contributed by atoms with van der Waals surface area (Å²) in [6.45, 7) is -0.382. The lowest BCUT2D eigenvalue weighted by atomic mass is 10.1. The van der Waals surface area contributed by atoms with E-state index in [9.17, 15) is 14.4 Å². The van der Waals surface area contributed by atoms with Crippen molar-refractivity contribution in [1.82, 2.24) is 10.2 Å². The summed E-state index contributed by atoms with van der Waals surface area (Å²) in [7, 11) is 0. The summed E-state index contributed by atoms with van der Waals surface area (Å²) in [5, 5.41) is 9.23. The van der Waals surface area contributed by atoms with Gasteiger partial charge in [0.1, 0.15) is 0 Å². The summed E-state index contributed by atoms with van der Waals surface area (Å²) in [6, 6.07) is 11.4. The molecule has 0 unspecified atom stereocenters. The monoisotopic (exact) mass is 367 g/mol. The number of hydrogen-bond acceptors (Lipinski definition) is 7. The summed E-state index contributed by atoms with van der Waals surface area (Å²) in [4.78, 5) is 36.0. The molecule has 1 aliphatic heterocycles. The third-order valence-electron chi connectivity index (χ3n) is 3.88. The Balaban J connectivity index is 1.43. The molecule has 9 nitrogen and oxygen atoms in total. The van der Waals surface area contributed by atoms with Crippen LogP contribution < -0.4 is 20.3 Å². The van der Waals surface area contributed by atoms with E-state index < -0.39 is 24.0 Å². The van der Waals surface area contributed by atoms with Gasteiger partial charge < -0.3 is 19.5 Å².